The molecule has 92 valence electrons. The Morgan fingerprint density at radius 1 is 0.941 bits per heavy atom. The molecule has 0 nitrogen and oxygen atoms in total. The average Bonchev–Trinajstić information content (AvgIpc) is 2.15. The second-order valence-electron chi connectivity index (χ2n) is 3.04. The van der Waals surface area contributed by atoms with Gasteiger partial charge in [0, 0.05) is 0 Å². The molecule has 17 heavy (non-hydrogen) atoms. The fraction of sp³-hybridized carbons (Fsp3) is 0.0909. The summed E-state index contributed by atoms with van der Waals surface area (Å²) in [5, 5.41) is 0. The molecule has 0 amide bonds. The van der Waals surface area contributed by atoms with Gasteiger partial charge in [-0.2, -0.15) is 22.0 Å². The maximum atomic E-state index is 13.1. The Bertz CT molecular complexity index is 437. The molecular formula is C11H6F6. The van der Waals surface area contributed by atoms with Crippen LogP contribution in [0.5, 0.6) is 0 Å². The molecule has 6 heteroatoms. The van der Waals surface area contributed by atoms with E-state index >= 15 is 0 Å². The maximum Gasteiger partial charge on any atom is 0.424 e. The minimum atomic E-state index is -5.42. The Morgan fingerprint density at radius 3 is 1.88 bits per heavy atom. The van der Waals surface area contributed by atoms with Gasteiger partial charge in [-0.25, -0.2) is 4.39 Å². The van der Waals surface area contributed by atoms with Crippen molar-refractivity contribution in [2.45, 2.75) is 6.18 Å². The van der Waals surface area contributed by atoms with Crippen LogP contribution in [0.4, 0.5) is 26.3 Å². The summed E-state index contributed by atoms with van der Waals surface area (Å²) in [6, 6.07) is 7.04. The van der Waals surface area contributed by atoms with E-state index in [9.17, 15) is 26.3 Å². The van der Waals surface area contributed by atoms with Gasteiger partial charge in [0.1, 0.15) is 5.83 Å². The molecule has 0 N–H and O–H groups in total. The van der Waals surface area contributed by atoms with Crippen LogP contribution in [0.15, 0.2) is 47.8 Å². The summed E-state index contributed by atoms with van der Waals surface area (Å²) in [5.74, 6) is -2.01. The first-order valence-electron chi connectivity index (χ1n) is 4.37. The fourth-order valence-corrected chi connectivity index (χ4v) is 1.10. The highest BCUT2D eigenvalue weighted by Crippen LogP contribution is 2.36. The van der Waals surface area contributed by atoms with Crippen molar-refractivity contribution in [1.82, 2.24) is 0 Å². The van der Waals surface area contributed by atoms with E-state index in [0.717, 1.165) is 0 Å². The average molecular weight is 252 g/mol. The molecule has 0 fully saturated rings. The van der Waals surface area contributed by atoms with Gasteiger partial charge in [0.25, 0.3) is 6.08 Å². The number of hydrogen-bond donors (Lipinski definition) is 0. The molecule has 1 rings (SSSR count). The summed E-state index contributed by atoms with van der Waals surface area (Å²) in [6.45, 7) is 0. The smallest absolute Gasteiger partial charge is 0.206 e. The Kier molecular flexibility index (Phi) is 3.98. The molecule has 1 aromatic carbocycles. The summed E-state index contributed by atoms with van der Waals surface area (Å²) in [5.41, 5.74) is -2.48. The lowest BCUT2D eigenvalue weighted by Crippen LogP contribution is -2.13. The van der Waals surface area contributed by atoms with Crippen LogP contribution in [0.1, 0.15) is 5.56 Å². The maximum absolute atomic E-state index is 13.1. The molecular weight excluding hydrogens is 246 g/mol. The van der Waals surface area contributed by atoms with E-state index in [1.807, 2.05) is 0 Å². The molecule has 0 aliphatic carbocycles. The van der Waals surface area contributed by atoms with E-state index in [2.05, 4.69) is 0 Å². The normalized spacial score (nSPS) is 12.5. The number of alkyl halides is 3. The molecule has 0 radical (unpaired) electrons. The first kappa shape index (κ1) is 13.3. The van der Waals surface area contributed by atoms with Gasteiger partial charge in [0.05, 0.1) is 0 Å². The summed E-state index contributed by atoms with van der Waals surface area (Å²) in [6.07, 6.45) is -8.11. The van der Waals surface area contributed by atoms with E-state index in [0.29, 0.717) is 6.08 Å². The quantitative estimate of drug-likeness (QED) is 0.528. The van der Waals surface area contributed by atoms with Gasteiger partial charge >= 0.3 is 6.18 Å². The van der Waals surface area contributed by atoms with E-state index in [-0.39, 0.29) is 5.56 Å². The van der Waals surface area contributed by atoms with Gasteiger partial charge < -0.3 is 0 Å². The summed E-state index contributed by atoms with van der Waals surface area (Å²) in [7, 11) is 0. The predicted octanol–water partition coefficient (Wildman–Crippen LogP) is 4.71. The standard InChI is InChI=1S/C11H6F6/c12-8(6-7-4-2-1-3-5-7)9(10(13)14)11(15,16)17/h1-6H. The summed E-state index contributed by atoms with van der Waals surface area (Å²) >= 11 is 0. The van der Waals surface area contributed by atoms with Crippen molar-refractivity contribution in [1.29, 1.82) is 0 Å². The zero-order valence-electron chi connectivity index (χ0n) is 8.23. The zero-order valence-corrected chi connectivity index (χ0v) is 8.23. The Balaban J connectivity index is 3.16. The first-order chi connectivity index (χ1) is 7.82. The third-order valence-electron chi connectivity index (χ3n) is 1.80. The monoisotopic (exact) mass is 252 g/mol. The highest BCUT2D eigenvalue weighted by Gasteiger charge is 2.40. The molecule has 1 aromatic rings. The van der Waals surface area contributed by atoms with Gasteiger partial charge in [-0.1, -0.05) is 30.3 Å². The molecule has 0 heterocycles. The third-order valence-corrected chi connectivity index (χ3v) is 1.80. The number of hydrogen-bond acceptors (Lipinski definition) is 0. The van der Waals surface area contributed by atoms with Crippen LogP contribution in [0.3, 0.4) is 0 Å². The molecule has 0 aromatic heterocycles. The van der Waals surface area contributed by atoms with Gasteiger partial charge in [0.15, 0.2) is 5.57 Å². The van der Waals surface area contributed by atoms with Crippen LogP contribution in [0, 0.1) is 0 Å². The van der Waals surface area contributed by atoms with E-state index < -0.39 is 23.7 Å². The van der Waals surface area contributed by atoms with E-state index in [1.165, 1.54) is 24.3 Å². The van der Waals surface area contributed by atoms with E-state index in [4.69, 9.17) is 0 Å². The van der Waals surface area contributed by atoms with Crippen LogP contribution in [-0.2, 0) is 0 Å². The summed E-state index contributed by atoms with van der Waals surface area (Å²) in [4.78, 5) is 0. The Morgan fingerprint density at radius 2 is 1.47 bits per heavy atom. The Labute approximate surface area is 92.9 Å². The second kappa shape index (κ2) is 5.07. The highest BCUT2D eigenvalue weighted by atomic mass is 19.4. The number of halogens is 6. The van der Waals surface area contributed by atoms with Crippen molar-refractivity contribution in [3.8, 4) is 0 Å². The van der Waals surface area contributed by atoms with Crippen LogP contribution in [-0.4, -0.2) is 6.18 Å². The third kappa shape index (κ3) is 3.65. The van der Waals surface area contributed by atoms with Crippen LogP contribution in [0.25, 0.3) is 6.08 Å². The lowest BCUT2D eigenvalue weighted by atomic mass is 10.1. The van der Waals surface area contributed by atoms with Crippen molar-refractivity contribution < 1.29 is 26.3 Å². The van der Waals surface area contributed by atoms with Gasteiger partial charge in [-0.15, -0.1) is 0 Å². The molecule has 0 unspecified atom stereocenters. The van der Waals surface area contributed by atoms with Crippen LogP contribution < -0.4 is 0 Å². The Hall–Kier alpha value is -1.72. The largest absolute Gasteiger partial charge is 0.424 e. The lowest BCUT2D eigenvalue weighted by Gasteiger charge is -2.08. The molecule has 0 saturated heterocycles. The molecule has 0 saturated carbocycles. The second-order valence-corrected chi connectivity index (χ2v) is 3.04. The molecule has 0 atom stereocenters. The molecule has 0 aliphatic heterocycles. The van der Waals surface area contributed by atoms with Gasteiger partial charge in [-0.3, -0.25) is 0 Å². The minimum Gasteiger partial charge on any atom is -0.206 e. The van der Waals surface area contributed by atoms with Crippen LogP contribution >= 0.6 is 0 Å². The summed E-state index contributed by atoms with van der Waals surface area (Å²) < 4.78 is 73.5. The fourth-order valence-electron chi connectivity index (χ4n) is 1.10. The van der Waals surface area contributed by atoms with Crippen LogP contribution in [0.2, 0.25) is 0 Å². The molecule has 0 spiro atoms. The zero-order chi connectivity index (χ0) is 13.1. The topological polar surface area (TPSA) is 0 Å². The number of rotatable bonds is 2. The lowest BCUT2D eigenvalue weighted by molar-refractivity contribution is -0.0943. The van der Waals surface area contributed by atoms with E-state index in [1.54, 1.807) is 6.07 Å². The first-order valence-corrected chi connectivity index (χ1v) is 4.37. The van der Waals surface area contributed by atoms with Crippen molar-refractivity contribution in [3.05, 3.63) is 53.4 Å². The molecule has 0 bridgehead atoms. The van der Waals surface area contributed by atoms with Crippen molar-refractivity contribution in [2.75, 3.05) is 0 Å². The number of allylic oxidation sites excluding steroid dienone is 2. The molecule has 0 aliphatic rings. The van der Waals surface area contributed by atoms with Gasteiger partial charge in [-0.05, 0) is 11.6 Å². The van der Waals surface area contributed by atoms with Crippen molar-refractivity contribution in [2.24, 2.45) is 0 Å². The van der Waals surface area contributed by atoms with Gasteiger partial charge in [0.2, 0.25) is 0 Å². The SMILES string of the molecule is FC(=Cc1ccccc1)C(=C(F)F)C(F)(F)F. The minimum absolute atomic E-state index is 0.0630. The number of benzene rings is 1. The predicted molar refractivity (Wildman–Crippen MR) is 50.8 cm³/mol. The van der Waals surface area contributed by atoms with Crippen molar-refractivity contribution >= 4 is 6.08 Å². The van der Waals surface area contributed by atoms with Crippen molar-refractivity contribution in [3.63, 3.8) is 0 Å². The highest BCUT2D eigenvalue weighted by molar-refractivity contribution is 5.56.